The lowest BCUT2D eigenvalue weighted by Crippen LogP contribution is -2.33. The van der Waals surface area contributed by atoms with Crippen molar-refractivity contribution in [2.45, 2.75) is 109 Å². The summed E-state index contributed by atoms with van der Waals surface area (Å²) >= 11 is 0. The maximum atomic E-state index is 2.44. The Bertz CT molecular complexity index is 1020. The number of nitrogens with zero attached hydrogens (tertiary/aromatic N) is 2. The molecular weight excluding hydrogens is 436 g/mol. The van der Waals surface area contributed by atoms with E-state index in [4.69, 9.17) is 0 Å². The van der Waals surface area contributed by atoms with Crippen molar-refractivity contribution in [3.63, 3.8) is 0 Å². The minimum atomic E-state index is -0.0990. The van der Waals surface area contributed by atoms with Crippen LogP contribution >= 0.6 is 0 Å². The second kappa shape index (κ2) is 16.3. The topological polar surface area (TPSA) is 9.86 Å². The van der Waals surface area contributed by atoms with Gasteiger partial charge in [0.1, 0.15) is 0 Å². The molecule has 2 nitrogen and oxygen atoms in total. The van der Waals surface area contributed by atoms with Crippen molar-refractivity contribution in [3.8, 4) is 0 Å². The average Bonchev–Trinajstić information content (AvgIpc) is 2.84. The maximum Gasteiger partial charge on any atom is 0.0641 e. The summed E-state index contributed by atoms with van der Waals surface area (Å²) < 4.78 is 4.75. The number of hydrogen-bond donors (Lipinski definition) is 0. The van der Waals surface area contributed by atoms with Gasteiger partial charge in [-0.05, 0) is 81.7 Å². The van der Waals surface area contributed by atoms with Crippen LogP contribution in [0.5, 0.6) is 0 Å². The zero-order valence-electron chi connectivity index (χ0n) is 26.0. The van der Waals surface area contributed by atoms with E-state index in [9.17, 15) is 0 Å². The van der Waals surface area contributed by atoms with Gasteiger partial charge in [0, 0.05) is 17.8 Å². The molecule has 3 rings (SSSR count). The standard InChI is InChI=1S/C28H38N2.3C2H6/c1-9-14-28(8,19-24(6)26-13-11-10-12-21(26)3)25(7)29-15-16-30(29)27-22(4)17-20(2)18-23(27)5;3*1-2/h9-17,19-20,25H,18H2,1-8H3;3*1-2H3/b14-9?,24-19+;;;. The van der Waals surface area contributed by atoms with Crippen LogP contribution in [-0.4, -0.2) is 9.36 Å². The van der Waals surface area contributed by atoms with Crippen LogP contribution in [0.3, 0.4) is 0 Å². The Morgan fingerprint density at radius 3 is 2.06 bits per heavy atom. The molecule has 0 N–H and O–H groups in total. The molecule has 0 amide bonds. The van der Waals surface area contributed by atoms with Crippen molar-refractivity contribution < 1.29 is 0 Å². The molecule has 1 aliphatic carbocycles. The Labute approximate surface area is 224 Å². The molecule has 2 aromatic rings. The van der Waals surface area contributed by atoms with E-state index in [0.29, 0.717) is 5.92 Å². The quantitative estimate of drug-likeness (QED) is 0.355. The fraction of sp³-hybridized carbons (Fsp3) is 0.529. The summed E-state index contributed by atoms with van der Waals surface area (Å²) in [6.07, 6.45) is 14.9. The molecule has 1 aromatic carbocycles. The second-order valence-electron chi connectivity index (χ2n) is 9.37. The van der Waals surface area contributed by atoms with Crippen molar-refractivity contribution in [1.82, 2.24) is 9.36 Å². The summed E-state index contributed by atoms with van der Waals surface area (Å²) in [5.74, 6) is 0.623. The first-order chi connectivity index (χ1) is 17.2. The van der Waals surface area contributed by atoms with Crippen LogP contribution in [0.2, 0.25) is 0 Å². The minimum absolute atomic E-state index is 0.0990. The lowest BCUT2D eigenvalue weighted by atomic mass is 9.79. The first-order valence-electron chi connectivity index (χ1n) is 14.2. The highest BCUT2D eigenvalue weighted by atomic mass is 15.4. The van der Waals surface area contributed by atoms with E-state index in [-0.39, 0.29) is 11.5 Å². The van der Waals surface area contributed by atoms with E-state index in [1.165, 1.54) is 33.5 Å². The number of hydrogen-bond acceptors (Lipinski definition) is 0. The first-order valence-corrected chi connectivity index (χ1v) is 14.2. The molecule has 3 atom stereocenters. The average molecular weight is 493 g/mol. The van der Waals surface area contributed by atoms with Crippen LogP contribution in [0.15, 0.2) is 72.1 Å². The number of aryl methyl sites for hydroxylation is 1. The number of allylic oxidation sites excluding steroid dienone is 8. The second-order valence-corrected chi connectivity index (χ2v) is 9.37. The normalized spacial score (nSPS) is 18.1. The van der Waals surface area contributed by atoms with Crippen LogP contribution in [0.4, 0.5) is 0 Å². The lowest BCUT2D eigenvalue weighted by Gasteiger charge is -2.38. The molecule has 1 heterocycles. The molecule has 202 valence electrons. The van der Waals surface area contributed by atoms with E-state index in [0.717, 1.165) is 6.42 Å². The van der Waals surface area contributed by atoms with Gasteiger partial charge in [0.05, 0.1) is 11.7 Å². The first kappa shape index (κ1) is 33.5. The van der Waals surface area contributed by atoms with Gasteiger partial charge in [0.25, 0.3) is 0 Å². The Kier molecular flexibility index (Phi) is 15.2. The molecule has 0 saturated heterocycles. The van der Waals surface area contributed by atoms with Gasteiger partial charge >= 0.3 is 0 Å². The zero-order valence-corrected chi connectivity index (χ0v) is 26.0. The largest absolute Gasteiger partial charge is 0.283 e. The van der Waals surface area contributed by atoms with Gasteiger partial charge in [-0.15, -0.1) is 0 Å². The molecule has 36 heavy (non-hydrogen) atoms. The fourth-order valence-corrected chi connectivity index (χ4v) is 5.08. The summed E-state index contributed by atoms with van der Waals surface area (Å²) in [7, 11) is 0. The van der Waals surface area contributed by atoms with Gasteiger partial charge in [0.15, 0.2) is 0 Å². The summed E-state index contributed by atoms with van der Waals surface area (Å²) in [6.45, 7) is 30.1. The molecule has 0 fully saturated rings. The van der Waals surface area contributed by atoms with E-state index < -0.39 is 0 Å². The van der Waals surface area contributed by atoms with Crippen molar-refractivity contribution in [2.75, 3.05) is 0 Å². The van der Waals surface area contributed by atoms with Crippen LogP contribution in [0.1, 0.15) is 114 Å². The Morgan fingerprint density at radius 1 is 1.00 bits per heavy atom. The fourth-order valence-electron chi connectivity index (χ4n) is 5.08. The van der Waals surface area contributed by atoms with Gasteiger partial charge < -0.3 is 0 Å². The molecule has 3 unspecified atom stereocenters. The van der Waals surface area contributed by atoms with E-state index in [2.05, 4.69) is 126 Å². The summed E-state index contributed by atoms with van der Waals surface area (Å²) in [6, 6.07) is 8.94. The highest BCUT2D eigenvalue weighted by molar-refractivity contribution is 5.69. The molecule has 0 bridgehead atoms. The molecular formula is C34H56N2. The Hall–Kier alpha value is -2.48. The minimum Gasteiger partial charge on any atom is -0.283 e. The Morgan fingerprint density at radius 2 is 1.58 bits per heavy atom. The molecule has 2 heteroatoms. The van der Waals surface area contributed by atoms with Gasteiger partial charge in [-0.3, -0.25) is 9.36 Å². The third-order valence-corrected chi connectivity index (χ3v) is 6.70. The molecule has 0 spiro atoms. The van der Waals surface area contributed by atoms with Crippen LogP contribution < -0.4 is 0 Å². The molecule has 0 saturated carbocycles. The van der Waals surface area contributed by atoms with E-state index in [1.807, 2.05) is 41.5 Å². The van der Waals surface area contributed by atoms with Gasteiger partial charge in [-0.1, -0.05) is 104 Å². The van der Waals surface area contributed by atoms with Crippen LogP contribution in [0.25, 0.3) is 11.3 Å². The van der Waals surface area contributed by atoms with E-state index in [1.54, 1.807) is 0 Å². The third-order valence-electron chi connectivity index (χ3n) is 6.70. The number of rotatable bonds is 6. The number of aromatic nitrogens is 2. The smallest absolute Gasteiger partial charge is 0.0641 e. The van der Waals surface area contributed by atoms with Gasteiger partial charge in [-0.25, -0.2) is 0 Å². The van der Waals surface area contributed by atoms with Gasteiger partial charge in [-0.2, -0.15) is 0 Å². The maximum absolute atomic E-state index is 2.44. The third kappa shape index (κ3) is 8.02. The SMILES string of the molecule is CC.CC.CC.CC=CC(C)(/C=C(\C)c1ccccc1C)C(C)n1ccn1C1=C(C)CC(C)C=C1C. The van der Waals surface area contributed by atoms with Gasteiger partial charge in [0.2, 0.25) is 0 Å². The van der Waals surface area contributed by atoms with Crippen molar-refractivity contribution in [1.29, 1.82) is 0 Å². The molecule has 1 aliphatic rings. The zero-order chi connectivity index (χ0) is 28.1. The highest BCUT2D eigenvalue weighted by Gasteiger charge is 2.31. The highest BCUT2D eigenvalue weighted by Crippen LogP contribution is 2.40. The summed E-state index contributed by atoms with van der Waals surface area (Å²) in [5, 5.41) is 0. The number of benzene rings is 1. The monoisotopic (exact) mass is 492 g/mol. The molecule has 0 aliphatic heterocycles. The summed E-state index contributed by atoms with van der Waals surface area (Å²) in [4.78, 5) is 0. The predicted octanol–water partition coefficient (Wildman–Crippen LogP) is 11.1. The molecule has 0 radical (unpaired) electrons. The predicted molar refractivity (Wildman–Crippen MR) is 165 cm³/mol. The lowest BCUT2D eigenvalue weighted by molar-refractivity contribution is 0.286. The molecule has 1 aromatic heterocycles. The van der Waals surface area contributed by atoms with Crippen LogP contribution in [0, 0.1) is 18.3 Å². The van der Waals surface area contributed by atoms with Crippen molar-refractivity contribution >= 4 is 11.3 Å². The summed E-state index contributed by atoms with van der Waals surface area (Å²) in [5.41, 5.74) is 8.10. The van der Waals surface area contributed by atoms with Crippen LogP contribution in [-0.2, 0) is 0 Å². The van der Waals surface area contributed by atoms with Crippen molar-refractivity contribution in [3.05, 3.63) is 83.2 Å². The van der Waals surface area contributed by atoms with E-state index >= 15 is 0 Å². The van der Waals surface area contributed by atoms with Crippen molar-refractivity contribution in [2.24, 2.45) is 11.3 Å². The Balaban J connectivity index is 0.00000190.